The molecule has 2 atom stereocenters. The van der Waals surface area contributed by atoms with Gasteiger partial charge in [-0.25, -0.2) is 62.5 Å². The smallest absolute Gasteiger partial charge is 0.446 e. The van der Waals surface area contributed by atoms with Crippen molar-refractivity contribution >= 4 is 59.0 Å². The highest BCUT2D eigenvalue weighted by Crippen LogP contribution is 2.39. The molecule has 0 fully saturated rings. The van der Waals surface area contributed by atoms with Crippen molar-refractivity contribution in [3.63, 3.8) is 0 Å². The minimum absolute atomic E-state index is 0. The zero-order chi connectivity index (χ0) is 81.6. The third-order valence-electron chi connectivity index (χ3n) is 18.3. The van der Waals surface area contributed by atoms with Crippen LogP contribution >= 0.6 is 0 Å². The number of nitrogens with one attached hydrogen (secondary N) is 1. The van der Waals surface area contributed by atoms with E-state index in [1.165, 1.54) is 41.1 Å². The third-order valence-corrected chi connectivity index (χ3v) is 18.3. The van der Waals surface area contributed by atoms with Crippen LogP contribution in [0.1, 0.15) is 147 Å². The van der Waals surface area contributed by atoms with Gasteiger partial charge in [0.15, 0.2) is 22.7 Å². The monoisotopic (exact) mass is 1580 g/mol. The van der Waals surface area contributed by atoms with Crippen LogP contribution < -0.4 is 46.9 Å². The molecule has 0 bridgehead atoms. The number of halogens is 6. The van der Waals surface area contributed by atoms with E-state index in [4.69, 9.17) is 49.9 Å². The van der Waals surface area contributed by atoms with Crippen LogP contribution in [0.5, 0.6) is 17.2 Å². The summed E-state index contributed by atoms with van der Waals surface area (Å²) in [6, 6.07) is 14.2. The summed E-state index contributed by atoms with van der Waals surface area (Å²) in [6.45, 7) is 22.9. The summed E-state index contributed by atoms with van der Waals surface area (Å²) < 4.78 is 115. The second kappa shape index (κ2) is 32.8. The molecule has 15 rings (SSSR count). The number of fused-ring (bicyclic) bond motifs is 6. The first-order chi connectivity index (χ1) is 53.3. The van der Waals surface area contributed by atoms with Crippen molar-refractivity contribution in [1.29, 1.82) is 0 Å². The average molecular weight is 1580 g/mol. The molecule has 602 valence electrons. The highest BCUT2D eigenvalue weighted by atomic mass is 19.4. The van der Waals surface area contributed by atoms with Crippen LogP contribution in [0.25, 0.3) is 50.7 Å². The van der Waals surface area contributed by atoms with E-state index in [1.54, 1.807) is 110 Å². The second-order valence-corrected chi connectivity index (χ2v) is 29.4. The quantitative estimate of drug-likeness (QED) is 0.0421. The Morgan fingerprint density at radius 1 is 0.561 bits per heavy atom. The van der Waals surface area contributed by atoms with Crippen molar-refractivity contribution < 1.29 is 69.2 Å². The molecule has 36 heteroatoms. The Hall–Kier alpha value is -12.3. The van der Waals surface area contributed by atoms with Crippen molar-refractivity contribution in [1.82, 2.24) is 78.6 Å². The molecular formula is C78H89F6N21O9. The van der Waals surface area contributed by atoms with Gasteiger partial charge in [0.25, 0.3) is 0 Å². The van der Waals surface area contributed by atoms with Gasteiger partial charge in [-0.05, 0) is 131 Å². The van der Waals surface area contributed by atoms with Gasteiger partial charge >= 0.3 is 18.4 Å². The number of aryl methyl sites for hydroxylation is 6. The molecule has 9 aromatic heterocycles. The van der Waals surface area contributed by atoms with Crippen LogP contribution in [0.15, 0.2) is 91.8 Å². The van der Waals surface area contributed by atoms with Crippen molar-refractivity contribution in [2.75, 3.05) is 34.9 Å². The number of anilines is 3. The Bertz CT molecular complexity index is 5650. The number of nitrogens with zero attached hydrogens (tertiary/aromatic N) is 17. The second-order valence-electron chi connectivity index (χ2n) is 29.4. The van der Waals surface area contributed by atoms with E-state index in [-0.39, 0.29) is 67.1 Å². The summed E-state index contributed by atoms with van der Waals surface area (Å²) in [5, 5.41) is 16.6. The molecule has 3 aliphatic rings. The lowest BCUT2D eigenvalue weighted by atomic mass is 10.0. The summed E-state index contributed by atoms with van der Waals surface area (Å²) in [4.78, 5) is 78.8. The molecule has 0 spiro atoms. The van der Waals surface area contributed by atoms with Gasteiger partial charge in [0.05, 0.1) is 95.2 Å². The molecule has 2 amide bonds. The van der Waals surface area contributed by atoms with Crippen LogP contribution in [0.3, 0.4) is 0 Å². The minimum atomic E-state index is -4.64. The predicted molar refractivity (Wildman–Crippen MR) is 411 cm³/mol. The number of carbonyl (C=O) groups excluding carboxylic acids is 4. The number of nitrogens with two attached hydrogens (primary N) is 2. The van der Waals surface area contributed by atoms with E-state index in [2.05, 4.69) is 40.5 Å². The average Bonchev–Trinajstić information content (AvgIpc) is 1.57. The molecule has 8 N–H and O–H groups in total. The Morgan fingerprint density at radius 2 is 0.912 bits per heavy atom. The van der Waals surface area contributed by atoms with Crippen molar-refractivity contribution in [2.24, 2.45) is 32.6 Å². The van der Waals surface area contributed by atoms with Crippen molar-refractivity contribution in [3.8, 4) is 51.0 Å². The number of aromatic nitrogens is 15. The number of rotatable bonds is 15. The van der Waals surface area contributed by atoms with E-state index in [9.17, 15) is 31.9 Å². The molecule has 0 saturated carbocycles. The van der Waals surface area contributed by atoms with Crippen LogP contribution in [-0.4, -0.2) is 134 Å². The molecule has 0 radical (unpaired) electrons. The van der Waals surface area contributed by atoms with Crippen LogP contribution in [0.2, 0.25) is 0 Å². The third kappa shape index (κ3) is 17.8. The number of aldehydes is 1. The summed E-state index contributed by atoms with van der Waals surface area (Å²) in [7, 11) is 5.53. The summed E-state index contributed by atoms with van der Waals surface area (Å²) in [6.07, 6.45) is 4.82. The standard InChI is InChI=1S/C27H32FN7O3.C27H29FN6O4.C22H24FN7O.C2HF3O.H3N/c1-15-11-22(33(6)32-15)18-12-30-25(34-14-21(16(2)29)31-24(18)34)35(26(36)38-27(3,4)5)13-19-17-9-10-37-23(17)8-7-20(19)28;1-15-11-22(32(6)31-15)18-12-29-25(33-14-21(16(2)35)30-24(18)33)34(26(36)38-27(3,4)5)13-19-17-9-10-37-23(17)8-7-20(19)28;1-12-8-19(29(3)28-12)16-10-26-22(30-11-18(13(2)24)27-21(16)30)25-9-15-14-6-7-31-20(14)5-4-17(15)23;3-2(4,5)1-6;/h7-8,11-12,14,16H,9-10,13,29H2,1-6H3;7-8,11-12,14H,9-10,13H2,1-6H3;4-5,8,10-11,13H,6-7,9,24H2,1-3H3,(H,25,26);1H;1H3. The fourth-order valence-corrected chi connectivity index (χ4v) is 13.2. The Labute approximate surface area is 651 Å². The lowest BCUT2D eigenvalue weighted by molar-refractivity contribution is -0.156. The number of amides is 2. The Morgan fingerprint density at radius 3 is 1.27 bits per heavy atom. The molecule has 12 heterocycles. The van der Waals surface area contributed by atoms with Gasteiger partial charge in [-0.3, -0.25) is 36.8 Å². The zero-order valence-electron chi connectivity index (χ0n) is 65.7. The number of carbonyl (C=O) groups is 4. The molecular weight excluding hydrogens is 1490 g/mol. The highest BCUT2D eigenvalue weighted by molar-refractivity contribution is 5.95. The number of ether oxygens (including phenoxy) is 5. The molecule has 12 aromatic rings. The Balaban J connectivity index is 0.000000163. The molecule has 114 heavy (non-hydrogen) atoms. The van der Waals surface area contributed by atoms with Crippen molar-refractivity contribution in [3.05, 3.63) is 177 Å². The van der Waals surface area contributed by atoms with Gasteiger partial charge in [0, 0.05) is 137 Å². The maximum absolute atomic E-state index is 15.2. The number of imidazole rings is 3. The normalized spacial score (nSPS) is 13.3. The number of hydrogen-bond acceptors (Lipinski definition) is 22. The molecule has 2 unspecified atom stereocenters. The number of ketones is 1. The highest BCUT2D eigenvalue weighted by Gasteiger charge is 2.35. The number of benzene rings is 3. The summed E-state index contributed by atoms with van der Waals surface area (Å²) >= 11 is 0. The lowest BCUT2D eigenvalue weighted by Gasteiger charge is -2.28. The number of hydrogen-bond donors (Lipinski definition) is 4. The molecule has 0 aliphatic carbocycles. The maximum atomic E-state index is 15.2. The van der Waals surface area contributed by atoms with E-state index in [0.717, 1.165) is 67.9 Å². The Kier molecular flexibility index (Phi) is 23.8. The van der Waals surface area contributed by atoms with Gasteiger partial charge in [0.1, 0.15) is 51.6 Å². The van der Waals surface area contributed by atoms with E-state index < -0.39 is 47.5 Å². The first-order valence-corrected chi connectivity index (χ1v) is 36.1. The van der Waals surface area contributed by atoms with Gasteiger partial charge < -0.3 is 46.6 Å². The van der Waals surface area contributed by atoms with Gasteiger partial charge in [-0.2, -0.15) is 28.5 Å². The molecule has 3 aliphatic heterocycles. The molecule has 30 nitrogen and oxygen atoms in total. The molecule has 0 saturated heterocycles. The first kappa shape index (κ1) is 82.6. The predicted octanol–water partition coefficient (Wildman–Crippen LogP) is 13.2. The van der Waals surface area contributed by atoms with Gasteiger partial charge in [-0.15, -0.1) is 0 Å². The van der Waals surface area contributed by atoms with Gasteiger partial charge in [-0.1, -0.05) is 0 Å². The fraction of sp³-hybridized carbons (Fsp3) is 0.372. The topological polar surface area (TPSA) is 364 Å². The fourth-order valence-electron chi connectivity index (χ4n) is 13.2. The number of alkyl halides is 3. The summed E-state index contributed by atoms with van der Waals surface area (Å²) in [5.41, 5.74) is 24.7. The van der Waals surface area contributed by atoms with Gasteiger partial charge in [0.2, 0.25) is 24.1 Å². The van der Waals surface area contributed by atoms with E-state index in [1.807, 2.05) is 82.2 Å². The number of Topliss-reactive ketones (excluding diaryl/α,β-unsaturated/α-hetero) is 1. The largest absolute Gasteiger partial charge is 0.493 e. The SMILES string of the molecule is CC(=O)c1cn2c(N(Cc3c(F)ccc4c3CCO4)C(=O)OC(C)(C)C)ncc(-c3cc(C)nn3C)c2n1.Cc1cc(-c2cnc(N(Cc3c(F)ccc4c3CCO4)C(=O)OC(C)(C)C)n3cc(C(C)N)nc23)n(C)n1.Cc1cc(-c2cnc(NCc3c(F)ccc4c3CCO4)n3cc(C(C)N)nc23)n(C)n1.N.O=CC(F)(F)F. The maximum Gasteiger partial charge on any atom is 0.446 e. The molecule has 3 aromatic carbocycles. The first-order valence-electron chi connectivity index (χ1n) is 36.1. The lowest BCUT2D eigenvalue weighted by Crippen LogP contribution is -2.38. The zero-order valence-corrected chi connectivity index (χ0v) is 65.7. The summed E-state index contributed by atoms with van der Waals surface area (Å²) in [5.74, 6) is 1.49. The minimum Gasteiger partial charge on any atom is -0.493 e. The van der Waals surface area contributed by atoms with Crippen LogP contribution in [0, 0.1) is 38.2 Å². The van der Waals surface area contributed by atoms with E-state index in [0.29, 0.717) is 107 Å². The van der Waals surface area contributed by atoms with Crippen LogP contribution in [0.4, 0.5) is 53.8 Å². The van der Waals surface area contributed by atoms with Crippen LogP contribution in [-0.2, 0) is 74.3 Å². The van der Waals surface area contributed by atoms with Crippen molar-refractivity contribution in [2.45, 2.75) is 151 Å². The van der Waals surface area contributed by atoms with E-state index >= 15 is 8.78 Å².